The van der Waals surface area contributed by atoms with Gasteiger partial charge in [-0.3, -0.25) is 0 Å². The second-order valence-corrected chi connectivity index (χ2v) is 5.63. The van der Waals surface area contributed by atoms with E-state index in [4.69, 9.17) is 68.2 Å². The summed E-state index contributed by atoms with van der Waals surface area (Å²) in [6, 6.07) is 5.81. The van der Waals surface area contributed by atoms with Gasteiger partial charge in [-0.25, -0.2) is 4.79 Å². The lowest BCUT2D eigenvalue weighted by Gasteiger charge is -2.06. The first kappa shape index (κ1) is 19.0. The van der Waals surface area contributed by atoms with Crippen molar-refractivity contribution in [1.29, 1.82) is 0 Å². The molecule has 4 nitrogen and oxygen atoms in total. The number of carboxylic acids is 1. The summed E-state index contributed by atoms with van der Waals surface area (Å²) in [5.41, 5.74) is -0.0671. The van der Waals surface area contributed by atoms with Crippen molar-refractivity contribution in [3.05, 3.63) is 54.9 Å². The van der Waals surface area contributed by atoms with Crippen LogP contribution in [0.1, 0.15) is 10.4 Å². The van der Waals surface area contributed by atoms with E-state index < -0.39 is 5.97 Å². The molecule has 0 bridgehead atoms. The van der Waals surface area contributed by atoms with E-state index in [0.29, 0.717) is 0 Å². The molecule has 0 radical (unpaired) electrons. The van der Waals surface area contributed by atoms with Gasteiger partial charge in [-0.2, -0.15) is 0 Å². The highest BCUT2D eigenvalue weighted by molar-refractivity contribution is 6.55. The molecule has 9 heteroatoms. The molecule has 2 aromatic rings. The number of phenolic OH excluding ortho intramolecular Hbond substituents is 1. The monoisotopic (exact) mass is 402 g/mol. The quantitative estimate of drug-likeness (QED) is 0.418. The van der Waals surface area contributed by atoms with Crippen LogP contribution in [0.15, 0.2) is 24.3 Å². The van der Waals surface area contributed by atoms with Crippen LogP contribution < -0.4 is 0 Å². The lowest BCUT2D eigenvalue weighted by atomic mass is 10.2. The second-order valence-electron chi connectivity index (χ2n) is 3.74. The predicted molar refractivity (Wildman–Crippen MR) is 88.2 cm³/mol. The van der Waals surface area contributed by atoms with Crippen molar-refractivity contribution in [2.45, 2.75) is 0 Å². The first-order valence-electron chi connectivity index (χ1n) is 5.40. The summed E-state index contributed by atoms with van der Waals surface area (Å²) in [6.07, 6.45) is 0. The first-order valence-corrected chi connectivity index (χ1v) is 7.29. The Bertz CT molecular complexity index is 613. The molecule has 0 unspecified atom stereocenters. The van der Waals surface area contributed by atoms with Crippen molar-refractivity contribution < 1.29 is 20.1 Å². The molecule has 118 valence electrons. The van der Waals surface area contributed by atoms with Gasteiger partial charge in [-0.05, 0) is 12.1 Å². The minimum atomic E-state index is -1.11. The zero-order valence-corrected chi connectivity index (χ0v) is 14.2. The third kappa shape index (κ3) is 4.24. The van der Waals surface area contributed by atoms with Crippen molar-refractivity contribution in [1.82, 2.24) is 0 Å². The van der Waals surface area contributed by atoms with Gasteiger partial charge in [0.25, 0.3) is 0 Å². The molecule has 0 atom stereocenters. The highest BCUT2D eigenvalue weighted by Crippen LogP contribution is 2.47. The van der Waals surface area contributed by atoms with E-state index >= 15 is 0 Å². The van der Waals surface area contributed by atoms with Crippen LogP contribution >= 0.6 is 58.0 Å². The molecule has 0 aliphatic rings. The van der Waals surface area contributed by atoms with Gasteiger partial charge in [0.2, 0.25) is 0 Å². The number of carbonyl (C=O) groups is 1. The SMILES string of the molecule is O=C(O)c1ccccc1O.Oc1c(Cl)c(Cl)c(Cl)c(Cl)c1Cl. The number of hydrogen-bond donors (Lipinski definition) is 3. The molecule has 0 saturated carbocycles. The Morgan fingerprint density at radius 3 is 1.55 bits per heavy atom. The normalized spacial score (nSPS) is 9.86. The number of halogens is 5. The maximum atomic E-state index is 10.3. The standard InChI is InChI=1S/C7H6O3.C6HCl5O/c8-6-4-2-1-3-5(6)7(9)10;7-1-2(8)4(10)6(12)5(11)3(1)9/h1-4,8H,(H,9,10);12H. The molecule has 0 aliphatic carbocycles. The average molecular weight is 404 g/mol. The number of benzene rings is 2. The molecule has 0 fully saturated rings. The van der Waals surface area contributed by atoms with E-state index in [9.17, 15) is 9.90 Å². The van der Waals surface area contributed by atoms with Gasteiger partial charge < -0.3 is 15.3 Å². The Balaban J connectivity index is 0.000000224. The summed E-state index contributed by atoms with van der Waals surface area (Å²) in [6.45, 7) is 0. The fourth-order valence-corrected chi connectivity index (χ4v) is 2.38. The number of rotatable bonds is 1. The molecule has 2 aromatic carbocycles. The van der Waals surface area contributed by atoms with Gasteiger partial charge in [0.1, 0.15) is 21.4 Å². The van der Waals surface area contributed by atoms with E-state index in [1.807, 2.05) is 0 Å². The largest absolute Gasteiger partial charge is 0.507 e. The third-order valence-electron chi connectivity index (χ3n) is 2.32. The average Bonchev–Trinajstić information content (AvgIpc) is 2.50. The maximum Gasteiger partial charge on any atom is 0.339 e. The van der Waals surface area contributed by atoms with Crippen LogP contribution in [-0.2, 0) is 0 Å². The zero-order valence-electron chi connectivity index (χ0n) is 10.4. The Kier molecular flexibility index (Phi) is 6.91. The molecule has 0 heterocycles. The van der Waals surface area contributed by atoms with Crippen LogP contribution in [0.2, 0.25) is 25.1 Å². The molecular weight excluding hydrogens is 397 g/mol. The highest BCUT2D eigenvalue weighted by Gasteiger charge is 2.18. The van der Waals surface area contributed by atoms with E-state index in [0.717, 1.165) is 0 Å². The second kappa shape index (κ2) is 7.99. The third-order valence-corrected chi connectivity index (χ3v) is 4.58. The molecule has 3 N–H and O–H groups in total. The van der Waals surface area contributed by atoms with Gasteiger partial charge in [-0.1, -0.05) is 70.1 Å². The van der Waals surface area contributed by atoms with Gasteiger partial charge in [0, 0.05) is 0 Å². The lowest BCUT2D eigenvalue weighted by Crippen LogP contribution is -1.95. The predicted octanol–water partition coefficient (Wildman–Crippen LogP) is 5.75. The topological polar surface area (TPSA) is 77.8 Å². The number of aromatic carboxylic acids is 1. The van der Waals surface area contributed by atoms with Crippen molar-refractivity contribution in [3.63, 3.8) is 0 Å². The Labute approximate surface area is 150 Å². The van der Waals surface area contributed by atoms with Gasteiger partial charge in [-0.15, -0.1) is 0 Å². The minimum Gasteiger partial charge on any atom is -0.507 e. The van der Waals surface area contributed by atoms with Crippen molar-refractivity contribution in [2.75, 3.05) is 0 Å². The number of carboxylic acid groups (broad SMARTS) is 1. The van der Waals surface area contributed by atoms with Crippen molar-refractivity contribution >= 4 is 64.0 Å². The lowest BCUT2D eigenvalue weighted by molar-refractivity contribution is 0.0693. The Morgan fingerprint density at radius 1 is 0.773 bits per heavy atom. The molecular formula is C13H7Cl5O4. The molecule has 0 saturated heterocycles. The summed E-state index contributed by atoms with van der Waals surface area (Å²) in [4.78, 5) is 10.3. The maximum absolute atomic E-state index is 10.3. The summed E-state index contributed by atoms with van der Waals surface area (Å²) >= 11 is 27.9. The fraction of sp³-hybridized carbons (Fsp3) is 0. The highest BCUT2D eigenvalue weighted by atomic mass is 35.5. The minimum absolute atomic E-state index is 0.00904. The van der Waals surface area contributed by atoms with Crippen LogP contribution in [0.25, 0.3) is 0 Å². The number of hydrogen-bond acceptors (Lipinski definition) is 3. The molecule has 22 heavy (non-hydrogen) atoms. The van der Waals surface area contributed by atoms with Crippen LogP contribution in [0.5, 0.6) is 11.5 Å². The van der Waals surface area contributed by atoms with Crippen molar-refractivity contribution in [3.8, 4) is 11.5 Å². The van der Waals surface area contributed by atoms with Gasteiger partial charge >= 0.3 is 5.97 Å². The van der Waals surface area contributed by atoms with Gasteiger partial charge in [0.05, 0.1) is 15.1 Å². The van der Waals surface area contributed by atoms with E-state index in [1.54, 1.807) is 12.1 Å². The van der Waals surface area contributed by atoms with Crippen molar-refractivity contribution in [2.24, 2.45) is 0 Å². The van der Waals surface area contributed by atoms with Crippen LogP contribution in [0.3, 0.4) is 0 Å². The van der Waals surface area contributed by atoms with Crippen LogP contribution in [0, 0.1) is 0 Å². The number of aromatic hydroxyl groups is 2. The van der Waals surface area contributed by atoms with Crippen LogP contribution in [0.4, 0.5) is 0 Å². The van der Waals surface area contributed by atoms with E-state index in [-0.39, 0.29) is 42.2 Å². The Hall–Kier alpha value is -1.04. The summed E-state index contributed by atoms with van der Waals surface area (Å²) < 4.78 is 0. The molecule has 2 rings (SSSR count). The molecule has 0 aromatic heterocycles. The number of para-hydroxylation sites is 1. The summed E-state index contributed by atoms with van der Waals surface area (Å²) in [5.74, 6) is -1.68. The van der Waals surface area contributed by atoms with E-state index in [2.05, 4.69) is 0 Å². The number of phenols is 2. The fourth-order valence-electron chi connectivity index (χ4n) is 1.25. The molecule has 0 amide bonds. The molecule has 0 spiro atoms. The molecule has 0 aliphatic heterocycles. The van der Waals surface area contributed by atoms with E-state index in [1.165, 1.54) is 12.1 Å². The van der Waals surface area contributed by atoms with Gasteiger partial charge in [0.15, 0.2) is 5.75 Å². The smallest absolute Gasteiger partial charge is 0.339 e. The Morgan fingerprint density at radius 2 is 1.18 bits per heavy atom. The first-order chi connectivity index (χ1) is 10.2. The van der Waals surface area contributed by atoms with Crippen LogP contribution in [-0.4, -0.2) is 21.3 Å². The zero-order chi connectivity index (χ0) is 17.0. The summed E-state index contributed by atoms with van der Waals surface area (Å²) in [7, 11) is 0. The summed E-state index contributed by atoms with van der Waals surface area (Å²) in [5, 5.41) is 26.3.